The SMILES string of the molecule is CC1(O)CC(=O)C(C(=O)c2ccccc2)C(c2ccccc2)C1C(=O)c1ccccc1. The van der Waals surface area contributed by atoms with E-state index in [0.717, 1.165) is 0 Å². The van der Waals surface area contributed by atoms with Crippen molar-refractivity contribution in [1.82, 2.24) is 0 Å². The van der Waals surface area contributed by atoms with Gasteiger partial charge in [-0.15, -0.1) is 0 Å². The summed E-state index contributed by atoms with van der Waals surface area (Å²) in [4.78, 5) is 40.3. The van der Waals surface area contributed by atoms with Crippen LogP contribution in [0.5, 0.6) is 0 Å². The van der Waals surface area contributed by atoms with E-state index >= 15 is 0 Å². The maximum atomic E-state index is 13.6. The number of rotatable bonds is 5. The van der Waals surface area contributed by atoms with Crippen molar-refractivity contribution in [3.63, 3.8) is 0 Å². The molecule has 1 aliphatic carbocycles. The third-order valence-corrected chi connectivity index (χ3v) is 6.13. The van der Waals surface area contributed by atoms with Crippen molar-refractivity contribution in [2.45, 2.75) is 24.9 Å². The second-order valence-corrected chi connectivity index (χ2v) is 8.35. The van der Waals surface area contributed by atoms with E-state index in [4.69, 9.17) is 0 Å². The third kappa shape index (κ3) is 3.99. The van der Waals surface area contributed by atoms with E-state index in [9.17, 15) is 19.5 Å². The number of hydrogen-bond donors (Lipinski definition) is 1. The molecule has 4 rings (SSSR count). The summed E-state index contributed by atoms with van der Waals surface area (Å²) in [5, 5.41) is 11.3. The number of benzene rings is 3. The molecule has 1 aliphatic rings. The van der Waals surface area contributed by atoms with Crippen LogP contribution in [0.15, 0.2) is 91.0 Å². The van der Waals surface area contributed by atoms with Crippen LogP contribution in [0.25, 0.3) is 0 Å². The van der Waals surface area contributed by atoms with Gasteiger partial charge >= 0.3 is 0 Å². The Morgan fingerprint density at radius 2 is 1.23 bits per heavy atom. The lowest BCUT2D eigenvalue weighted by Gasteiger charge is -2.45. The highest BCUT2D eigenvalue weighted by Gasteiger charge is 2.55. The van der Waals surface area contributed by atoms with Crippen LogP contribution in [0.1, 0.15) is 45.5 Å². The summed E-state index contributed by atoms with van der Waals surface area (Å²) in [7, 11) is 0. The average Bonchev–Trinajstić information content (AvgIpc) is 2.79. The number of hydrogen-bond acceptors (Lipinski definition) is 4. The number of ketones is 3. The molecule has 1 saturated carbocycles. The lowest BCUT2D eigenvalue weighted by Crippen LogP contribution is -2.54. The Morgan fingerprint density at radius 1 is 0.774 bits per heavy atom. The van der Waals surface area contributed by atoms with E-state index in [1.165, 1.54) is 6.92 Å². The van der Waals surface area contributed by atoms with E-state index in [0.29, 0.717) is 16.7 Å². The van der Waals surface area contributed by atoms with E-state index in [1.807, 2.05) is 36.4 Å². The molecule has 4 unspecified atom stereocenters. The van der Waals surface area contributed by atoms with Crippen molar-refractivity contribution in [2.75, 3.05) is 0 Å². The smallest absolute Gasteiger partial charge is 0.173 e. The van der Waals surface area contributed by atoms with Crippen LogP contribution >= 0.6 is 0 Å². The molecule has 0 bridgehead atoms. The molecule has 3 aromatic carbocycles. The molecule has 4 atom stereocenters. The molecule has 3 aromatic rings. The molecule has 31 heavy (non-hydrogen) atoms. The molecule has 0 spiro atoms. The summed E-state index contributed by atoms with van der Waals surface area (Å²) >= 11 is 0. The van der Waals surface area contributed by atoms with Crippen molar-refractivity contribution < 1.29 is 19.5 Å². The van der Waals surface area contributed by atoms with E-state index in [1.54, 1.807) is 54.6 Å². The number of carbonyl (C=O) groups excluding carboxylic acids is 3. The largest absolute Gasteiger partial charge is 0.389 e. The minimum absolute atomic E-state index is 0.247. The van der Waals surface area contributed by atoms with Gasteiger partial charge in [-0.05, 0) is 12.5 Å². The highest BCUT2D eigenvalue weighted by atomic mass is 16.3. The van der Waals surface area contributed by atoms with Crippen LogP contribution in [0, 0.1) is 11.8 Å². The molecule has 4 heteroatoms. The van der Waals surface area contributed by atoms with Gasteiger partial charge in [0.25, 0.3) is 0 Å². The summed E-state index contributed by atoms with van der Waals surface area (Å²) in [6.45, 7) is 1.52. The summed E-state index contributed by atoms with van der Waals surface area (Å²) in [5.41, 5.74) is 0.000395. The Labute approximate surface area is 181 Å². The quantitative estimate of drug-likeness (QED) is 0.495. The fourth-order valence-electron chi connectivity index (χ4n) is 4.73. The van der Waals surface area contributed by atoms with Crippen LogP contribution in [0.3, 0.4) is 0 Å². The number of aliphatic hydroxyl groups is 1. The van der Waals surface area contributed by atoms with Crippen LogP contribution in [-0.2, 0) is 4.79 Å². The minimum Gasteiger partial charge on any atom is -0.389 e. The molecule has 0 amide bonds. The second-order valence-electron chi connectivity index (χ2n) is 8.35. The maximum Gasteiger partial charge on any atom is 0.173 e. The van der Waals surface area contributed by atoms with Gasteiger partial charge in [-0.1, -0.05) is 91.0 Å². The first-order chi connectivity index (χ1) is 14.9. The normalized spacial score (nSPS) is 25.7. The van der Waals surface area contributed by atoms with Crippen molar-refractivity contribution in [3.8, 4) is 0 Å². The molecule has 4 nitrogen and oxygen atoms in total. The Balaban J connectivity index is 1.87. The summed E-state index contributed by atoms with van der Waals surface area (Å²) < 4.78 is 0. The molecule has 0 aromatic heterocycles. The van der Waals surface area contributed by atoms with Gasteiger partial charge in [0, 0.05) is 23.5 Å². The van der Waals surface area contributed by atoms with Crippen molar-refractivity contribution in [1.29, 1.82) is 0 Å². The third-order valence-electron chi connectivity index (χ3n) is 6.13. The first kappa shape index (κ1) is 20.9. The molecular weight excluding hydrogens is 388 g/mol. The van der Waals surface area contributed by atoms with Gasteiger partial charge in [0.1, 0.15) is 5.78 Å². The highest BCUT2D eigenvalue weighted by Crippen LogP contribution is 2.48. The molecule has 156 valence electrons. The fraction of sp³-hybridized carbons (Fsp3) is 0.222. The van der Waals surface area contributed by atoms with Gasteiger partial charge in [0.05, 0.1) is 17.4 Å². The first-order valence-electron chi connectivity index (χ1n) is 10.4. The monoisotopic (exact) mass is 412 g/mol. The zero-order valence-electron chi connectivity index (χ0n) is 17.3. The van der Waals surface area contributed by atoms with Crippen LogP contribution < -0.4 is 0 Å². The molecule has 1 N–H and O–H groups in total. The van der Waals surface area contributed by atoms with Gasteiger partial charge in [0.15, 0.2) is 11.6 Å². The minimum atomic E-state index is -1.57. The molecule has 0 saturated heterocycles. The summed E-state index contributed by atoms with van der Waals surface area (Å²) in [5.74, 6) is -3.67. The van der Waals surface area contributed by atoms with Crippen molar-refractivity contribution in [3.05, 3.63) is 108 Å². The predicted octanol–water partition coefficient (Wildman–Crippen LogP) is 4.49. The number of carbonyl (C=O) groups is 3. The predicted molar refractivity (Wildman–Crippen MR) is 118 cm³/mol. The van der Waals surface area contributed by atoms with Crippen molar-refractivity contribution in [2.24, 2.45) is 11.8 Å². The van der Waals surface area contributed by atoms with E-state index in [2.05, 4.69) is 0 Å². The van der Waals surface area contributed by atoms with Crippen molar-refractivity contribution >= 4 is 17.3 Å². The Hall–Kier alpha value is -3.37. The van der Waals surface area contributed by atoms with Crippen LogP contribution in [0.4, 0.5) is 0 Å². The Morgan fingerprint density at radius 3 is 1.74 bits per heavy atom. The van der Waals surface area contributed by atoms with Gasteiger partial charge in [-0.3, -0.25) is 14.4 Å². The highest BCUT2D eigenvalue weighted by molar-refractivity contribution is 6.13. The topological polar surface area (TPSA) is 71.4 Å². The Kier molecular flexibility index (Phi) is 5.66. The molecule has 0 aliphatic heterocycles. The van der Waals surface area contributed by atoms with Crippen LogP contribution in [-0.4, -0.2) is 28.1 Å². The zero-order chi connectivity index (χ0) is 22.0. The first-order valence-corrected chi connectivity index (χ1v) is 10.4. The Bertz CT molecular complexity index is 1090. The van der Waals surface area contributed by atoms with E-state index < -0.39 is 23.4 Å². The lowest BCUT2D eigenvalue weighted by atomic mass is 9.58. The molecule has 0 heterocycles. The standard InChI is InChI=1S/C27H24O4/c1-27(31)17-21(28)23(25(29)19-13-7-3-8-14-19)22(18-11-5-2-6-12-18)24(27)26(30)20-15-9-4-10-16-20/h2-16,22-24,31H,17H2,1H3. The van der Waals surface area contributed by atoms with Gasteiger partial charge < -0.3 is 5.11 Å². The second kappa shape index (κ2) is 8.40. The molecule has 1 fully saturated rings. The zero-order valence-corrected chi connectivity index (χ0v) is 17.3. The van der Waals surface area contributed by atoms with Gasteiger partial charge in [-0.25, -0.2) is 0 Å². The summed E-state index contributed by atoms with van der Waals surface area (Å²) in [6.07, 6.45) is -0.247. The van der Waals surface area contributed by atoms with Gasteiger partial charge in [0.2, 0.25) is 0 Å². The average molecular weight is 412 g/mol. The maximum absolute atomic E-state index is 13.6. The van der Waals surface area contributed by atoms with Crippen LogP contribution in [0.2, 0.25) is 0 Å². The summed E-state index contributed by atoms with van der Waals surface area (Å²) in [6, 6.07) is 26.5. The van der Waals surface area contributed by atoms with E-state index in [-0.39, 0.29) is 23.8 Å². The van der Waals surface area contributed by atoms with Gasteiger partial charge in [-0.2, -0.15) is 0 Å². The lowest BCUT2D eigenvalue weighted by molar-refractivity contribution is -0.134. The number of Topliss-reactive ketones (excluding diaryl/α,β-unsaturated/α-hetero) is 3. The molecular formula is C27H24O4. The fourth-order valence-corrected chi connectivity index (χ4v) is 4.73. The molecule has 0 radical (unpaired) electrons.